The van der Waals surface area contributed by atoms with Crippen molar-refractivity contribution in [2.45, 2.75) is 39.7 Å². The van der Waals surface area contributed by atoms with E-state index >= 15 is 0 Å². The van der Waals surface area contributed by atoms with Crippen LogP contribution in [0, 0.1) is 0 Å². The SMILES string of the molecule is CCCCN(c1cccc(-c2ccccc2)c1)C(C)C. The van der Waals surface area contributed by atoms with Crippen molar-refractivity contribution in [3.05, 3.63) is 54.6 Å². The summed E-state index contributed by atoms with van der Waals surface area (Å²) in [6, 6.07) is 20.0. The first-order chi connectivity index (χ1) is 9.72. The van der Waals surface area contributed by atoms with Gasteiger partial charge in [-0.3, -0.25) is 0 Å². The molecule has 1 heteroatoms. The highest BCUT2D eigenvalue weighted by Gasteiger charge is 2.10. The van der Waals surface area contributed by atoms with Gasteiger partial charge in [-0.25, -0.2) is 0 Å². The zero-order valence-electron chi connectivity index (χ0n) is 12.8. The Labute approximate surface area is 123 Å². The third-order valence-corrected chi connectivity index (χ3v) is 3.66. The topological polar surface area (TPSA) is 3.24 Å². The summed E-state index contributed by atoms with van der Waals surface area (Å²) >= 11 is 0. The summed E-state index contributed by atoms with van der Waals surface area (Å²) < 4.78 is 0. The van der Waals surface area contributed by atoms with E-state index < -0.39 is 0 Å². The molecule has 0 unspecified atom stereocenters. The lowest BCUT2D eigenvalue weighted by Crippen LogP contribution is -2.31. The lowest BCUT2D eigenvalue weighted by molar-refractivity contribution is 0.646. The molecule has 0 bridgehead atoms. The first kappa shape index (κ1) is 14.6. The number of anilines is 1. The molecule has 106 valence electrons. The molecule has 2 aromatic rings. The van der Waals surface area contributed by atoms with Gasteiger partial charge in [0, 0.05) is 18.3 Å². The van der Waals surface area contributed by atoms with Crippen molar-refractivity contribution in [3.8, 4) is 11.1 Å². The minimum absolute atomic E-state index is 0.535. The fourth-order valence-corrected chi connectivity index (χ4v) is 2.51. The van der Waals surface area contributed by atoms with Gasteiger partial charge < -0.3 is 4.90 Å². The number of rotatable bonds is 6. The standard InChI is InChI=1S/C19H25N/c1-4-5-14-20(16(2)3)19-13-9-12-18(15-19)17-10-7-6-8-11-17/h6-13,15-16H,4-5,14H2,1-3H3. The maximum Gasteiger partial charge on any atom is 0.0374 e. The molecule has 0 atom stereocenters. The summed E-state index contributed by atoms with van der Waals surface area (Å²) in [6.07, 6.45) is 2.48. The average molecular weight is 267 g/mol. The first-order valence-corrected chi connectivity index (χ1v) is 7.64. The zero-order chi connectivity index (χ0) is 14.4. The lowest BCUT2D eigenvalue weighted by Gasteiger charge is -2.29. The van der Waals surface area contributed by atoms with Crippen molar-refractivity contribution in [1.29, 1.82) is 0 Å². The Hall–Kier alpha value is -1.76. The van der Waals surface area contributed by atoms with Crippen molar-refractivity contribution in [2.75, 3.05) is 11.4 Å². The Morgan fingerprint density at radius 2 is 1.60 bits per heavy atom. The van der Waals surface area contributed by atoms with Gasteiger partial charge in [0.25, 0.3) is 0 Å². The number of benzene rings is 2. The van der Waals surface area contributed by atoms with E-state index in [1.807, 2.05) is 0 Å². The van der Waals surface area contributed by atoms with Crippen molar-refractivity contribution in [1.82, 2.24) is 0 Å². The van der Waals surface area contributed by atoms with E-state index in [-0.39, 0.29) is 0 Å². The quantitative estimate of drug-likeness (QED) is 0.680. The fraction of sp³-hybridized carbons (Fsp3) is 0.368. The Morgan fingerprint density at radius 3 is 2.25 bits per heavy atom. The Bertz CT molecular complexity index is 516. The van der Waals surface area contributed by atoms with Crippen molar-refractivity contribution < 1.29 is 0 Å². The monoisotopic (exact) mass is 267 g/mol. The molecule has 1 nitrogen and oxygen atoms in total. The molecule has 0 radical (unpaired) electrons. The van der Waals surface area contributed by atoms with E-state index in [4.69, 9.17) is 0 Å². The molecular formula is C19H25N. The molecule has 0 aliphatic heterocycles. The predicted octanol–water partition coefficient (Wildman–Crippen LogP) is 5.37. The molecule has 0 amide bonds. The third kappa shape index (κ3) is 3.63. The summed E-state index contributed by atoms with van der Waals surface area (Å²) in [5.74, 6) is 0. The van der Waals surface area contributed by atoms with E-state index in [1.165, 1.54) is 29.7 Å². The molecular weight excluding hydrogens is 242 g/mol. The number of hydrogen-bond acceptors (Lipinski definition) is 1. The highest BCUT2D eigenvalue weighted by Crippen LogP contribution is 2.26. The van der Waals surface area contributed by atoms with Gasteiger partial charge in [0.2, 0.25) is 0 Å². The third-order valence-electron chi connectivity index (χ3n) is 3.66. The van der Waals surface area contributed by atoms with E-state index in [2.05, 4.69) is 80.3 Å². The largest absolute Gasteiger partial charge is 0.369 e. The van der Waals surface area contributed by atoms with Gasteiger partial charge in [-0.15, -0.1) is 0 Å². The first-order valence-electron chi connectivity index (χ1n) is 7.64. The Morgan fingerprint density at radius 1 is 0.900 bits per heavy atom. The number of nitrogens with zero attached hydrogens (tertiary/aromatic N) is 1. The predicted molar refractivity (Wildman–Crippen MR) is 89.3 cm³/mol. The van der Waals surface area contributed by atoms with Gasteiger partial charge in [0.05, 0.1) is 0 Å². The fourth-order valence-electron chi connectivity index (χ4n) is 2.51. The molecule has 0 saturated heterocycles. The molecule has 0 N–H and O–H groups in total. The van der Waals surface area contributed by atoms with Gasteiger partial charge in [0.15, 0.2) is 0 Å². The highest BCUT2D eigenvalue weighted by atomic mass is 15.1. The second kappa shape index (κ2) is 7.14. The van der Waals surface area contributed by atoms with Crippen molar-refractivity contribution >= 4 is 5.69 Å². The average Bonchev–Trinajstić information content (AvgIpc) is 2.48. The number of unbranched alkanes of at least 4 members (excludes halogenated alkanes) is 1. The van der Waals surface area contributed by atoms with Crippen LogP contribution in [-0.4, -0.2) is 12.6 Å². The van der Waals surface area contributed by atoms with Crippen LogP contribution in [-0.2, 0) is 0 Å². The summed E-state index contributed by atoms with van der Waals surface area (Å²) in [4.78, 5) is 2.50. The zero-order valence-corrected chi connectivity index (χ0v) is 12.8. The molecule has 0 heterocycles. The van der Waals surface area contributed by atoms with Crippen LogP contribution >= 0.6 is 0 Å². The summed E-state index contributed by atoms with van der Waals surface area (Å²) in [6.45, 7) is 7.92. The van der Waals surface area contributed by atoms with E-state index in [0.717, 1.165) is 6.54 Å². The minimum atomic E-state index is 0.535. The van der Waals surface area contributed by atoms with Crippen molar-refractivity contribution in [3.63, 3.8) is 0 Å². The second-order valence-electron chi connectivity index (χ2n) is 5.56. The van der Waals surface area contributed by atoms with Gasteiger partial charge in [-0.2, -0.15) is 0 Å². The molecule has 0 aromatic heterocycles. The Kier molecular flexibility index (Phi) is 5.23. The molecule has 0 saturated carbocycles. The van der Waals surface area contributed by atoms with Crippen LogP contribution in [0.3, 0.4) is 0 Å². The normalized spacial score (nSPS) is 10.8. The molecule has 0 spiro atoms. The highest BCUT2D eigenvalue weighted by molar-refractivity contribution is 5.68. The van der Waals surface area contributed by atoms with Crippen LogP contribution in [0.25, 0.3) is 11.1 Å². The minimum Gasteiger partial charge on any atom is -0.369 e. The molecule has 20 heavy (non-hydrogen) atoms. The van der Waals surface area contributed by atoms with Gasteiger partial charge in [-0.1, -0.05) is 55.8 Å². The maximum atomic E-state index is 2.50. The molecule has 0 fully saturated rings. The lowest BCUT2D eigenvalue weighted by atomic mass is 10.0. The van der Waals surface area contributed by atoms with Gasteiger partial charge in [-0.05, 0) is 43.5 Å². The summed E-state index contributed by atoms with van der Waals surface area (Å²) in [5, 5.41) is 0. The smallest absolute Gasteiger partial charge is 0.0374 e. The van der Waals surface area contributed by atoms with Crippen LogP contribution in [0.1, 0.15) is 33.6 Å². The van der Waals surface area contributed by atoms with E-state index in [0.29, 0.717) is 6.04 Å². The van der Waals surface area contributed by atoms with Crippen LogP contribution in [0.5, 0.6) is 0 Å². The molecule has 0 aliphatic carbocycles. The molecule has 0 aliphatic rings. The summed E-state index contributed by atoms with van der Waals surface area (Å²) in [5.41, 5.74) is 3.91. The number of hydrogen-bond donors (Lipinski definition) is 0. The maximum absolute atomic E-state index is 2.50. The van der Waals surface area contributed by atoms with Crippen LogP contribution in [0.15, 0.2) is 54.6 Å². The summed E-state index contributed by atoms with van der Waals surface area (Å²) in [7, 11) is 0. The molecule has 2 aromatic carbocycles. The van der Waals surface area contributed by atoms with Crippen LogP contribution in [0.2, 0.25) is 0 Å². The second-order valence-corrected chi connectivity index (χ2v) is 5.56. The van der Waals surface area contributed by atoms with E-state index in [1.54, 1.807) is 0 Å². The van der Waals surface area contributed by atoms with Crippen LogP contribution < -0.4 is 4.90 Å². The van der Waals surface area contributed by atoms with E-state index in [9.17, 15) is 0 Å². The molecule has 2 rings (SSSR count). The van der Waals surface area contributed by atoms with Gasteiger partial charge >= 0.3 is 0 Å². The van der Waals surface area contributed by atoms with Crippen LogP contribution in [0.4, 0.5) is 5.69 Å². The van der Waals surface area contributed by atoms with Gasteiger partial charge in [0.1, 0.15) is 0 Å². The van der Waals surface area contributed by atoms with Crippen molar-refractivity contribution in [2.24, 2.45) is 0 Å². The Balaban J connectivity index is 2.28.